The van der Waals surface area contributed by atoms with Gasteiger partial charge in [0.25, 0.3) is 0 Å². The summed E-state index contributed by atoms with van der Waals surface area (Å²) in [5.41, 5.74) is 4.29. The second kappa shape index (κ2) is 10.4. The standard InChI is InChI=1S/C29H34N4O4/c1-4-31(5-2)15-8-16-32-18-25(34)33-24(28(32)35)17-22-21-9-6-7-10-23(21)30-26(22)27(33)19-11-13-20(14-12-19)29(36)37-3/h6-7,9-14,24,27,30H,4-5,8,15-18H2,1-3H3/p+1/t24-,27-/m0/s1. The number of aromatic nitrogens is 1. The molecule has 37 heavy (non-hydrogen) atoms. The number of ether oxygens (including phenoxy) is 1. The van der Waals surface area contributed by atoms with Crippen LogP contribution in [0.5, 0.6) is 0 Å². The van der Waals surface area contributed by atoms with Gasteiger partial charge in [0.2, 0.25) is 11.8 Å². The molecule has 0 spiro atoms. The van der Waals surface area contributed by atoms with Crippen molar-refractivity contribution in [1.29, 1.82) is 0 Å². The number of H-pyrrole nitrogens is 1. The number of nitrogens with one attached hydrogen (secondary N) is 2. The molecule has 1 fully saturated rings. The molecule has 1 aromatic heterocycles. The largest absolute Gasteiger partial charge is 0.465 e. The Morgan fingerprint density at radius 3 is 2.51 bits per heavy atom. The molecule has 5 rings (SSSR count). The summed E-state index contributed by atoms with van der Waals surface area (Å²) in [4.78, 5) is 48.0. The predicted octanol–water partition coefficient (Wildman–Crippen LogP) is 1.95. The Balaban J connectivity index is 1.51. The zero-order valence-corrected chi connectivity index (χ0v) is 21.8. The number of nitrogens with zero attached hydrogens (tertiary/aromatic N) is 2. The van der Waals surface area contributed by atoms with Crippen LogP contribution in [0.4, 0.5) is 0 Å². The minimum atomic E-state index is -0.556. The molecule has 2 aromatic carbocycles. The number of hydrogen-bond acceptors (Lipinski definition) is 4. The lowest BCUT2D eigenvalue weighted by molar-refractivity contribution is -0.896. The molecule has 2 N–H and O–H groups in total. The number of para-hydroxylation sites is 1. The highest BCUT2D eigenvalue weighted by Gasteiger charge is 2.48. The molecule has 2 aliphatic rings. The van der Waals surface area contributed by atoms with E-state index >= 15 is 0 Å². The van der Waals surface area contributed by atoms with E-state index in [0.717, 1.165) is 53.8 Å². The lowest BCUT2D eigenvalue weighted by Crippen LogP contribution is -3.11. The molecule has 8 nitrogen and oxygen atoms in total. The monoisotopic (exact) mass is 503 g/mol. The van der Waals surface area contributed by atoms with E-state index in [2.05, 4.69) is 24.9 Å². The number of quaternary nitrogens is 1. The summed E-state index contributed by atoms with van der Waals surface area (Å²) < 4.78 is 4.85. The first-order chi connectivity index (χ1) is 18.0. The fourth-order valence-electron chi connectivity index (χ4n) is 5.90. The van der Waals surface area contributed by atoms with E-state index < -0.39 is 18.1 Å². The number of benzene rings is 2. The summed E-state index contributed by atoms with van der Waals surface area (Å²) in [5, 5.41) is 1.08. The van der Waals surface area contributed by atoms with E-state index in [4.69, 9.17) is 4.74 Å². The number of amides is 2. The predicted molar refractivity (Wildman–Crippen MR) is 140 cm³/mol. The molecule has 2 amide bonds. The number of hydrogen-bond donors (Lipinski definition) is 2. The van der Waals surface area contributed by atoms with Crippen LogP contribution < -0.4 is 4.90 Å². The van der Waals surface area contributed by atoms with Gasteiger partial charge in [-0.2, -0.15) is 0 Å². The minimum Gasteiger partial charge on any atom is -0.465 e. The van der Waals surface area contributed by atoms with Gasteiger partial charge in [0.1, 0.15) is 6.04 Å². The van der Waals surface area contributed by atoms with E-state index in [1.807, 2.05) is 30.3 Å². The number of fused-ring (bicyclic) bond motifs is 4. The fraction of sp³-hybridized carbons (Fsp3) is 0.414. The second-order valence-corrected chi connectivity index (χ2v) is 9.92. The third-order valence-electron chi connectivity index (χ3n) is 7.95. The van der Waals surface area contributed by atoms with Gasteiger partial charge >= 0.3 is 5.97 Å². The first-order valence-electron chi connectivity index (χ1n) is 13.2. The average molecular weight is 504 g/mol. The van der Waals surface area contributed by atoms with Gasteiger partial charge in [0, 0.05) is 36.0 Å². The topological polar surface area (TPSA) is 87.2 Å². The van der Waals surface area contributed by atoms with Crippen molar-refractivity contribution >= 4 is 28.7 Å². The molecule has 0 radical (unpaired) electrons. The second-order valence-electron chi connectivity index (χ2n) is 9.92. The summed E-state index contributed by atoms with van der Waals surface area (Å²) in [7, 11) is 1.35. The fourth-order valence-corrected chi connectivity index (χ4v) is 5.90. The van der Waals surface area contributed by atoms with Crippen LogP contribution in [0.25, 0.3) is 10.9 Å². The lowest BCUT2D eigenvalue weighted by Gasteiger charge is -2.47. The maximum absolute atomic E-state index is 13.8. The first kappa shape index (κ1) is 25.0. The highest BCUT2D eigenvalue weighted by atomic mass is 16.5. The molecule has 8 heteroatoms. The Kier molecular flexibility index (Phi) is 7.02. The van der Waals surface area contributed by atoms with Crippen LogP contribution in [0.3, 0.4) is 0 Å². The van der Waals surface area contributed by atoms with Gasteiger partial charge in [-0.25, -0.2) is 4.79 Å². The van der Waals surface area contributed by atoms with E-state index in [0.29, 0.717) is 18.5 Å². The number of aromatic amines is 1. The number of esters is 1. The van der Waals surface area contributed by atoms with Crippen LogP contribution in [-0.2, 0) is 20.7 Å². The zero-order chi connectivity index (χ0) is 26.1. The summed E-state index contributed by atoms with van der Waals surface area (Å²) in [5.74, 6) is -0.446. The van der Waals surface area contributed by atoms with Crippen LogP contribution in [0.1, 0.15) is 53.5 Å². The third-order valence-corrected chi connectivity index (χ3v) is 7.95. The van der Waals surface area contributed by atoms with E-state index in [1.165, 1.54) is 12.0 Å². The van der Waals surface area contributed by atoms with Gasteiger partial charge in [-0.1, -0.05) is 30.3 Å². The van der Waals surface area contributed by atoms with Crippen molar-refractivity contribution in [2.24, 2.45) is 0 Å². The van der Waals surface area contributed by atoms with E-state index in [1.54, 1.807) is 21.9 Å². The van der Waals surface area contributed by atoms with Crippen LogP contribution >= 0.6 is 0 Å². The van der Waals surface area contributed by atoms with Gasteiger partial charge in [0.05, 0.1) is 44.9 Å². The van der Waals surface area contributed by atoms with Crippen molar-refractivity contribution in [3.8, 4) is 0 Å². The summed E-state index contributed by atoms with van der Waals surface area (Å²) >= 11 is 0. The first-order valence-corrected chi connectivity index (χ1v) is 13.2. The Bertz CT molecular complexity index is 1310. The maximum Gasteiger partial charge on any atom is 0.337 e. The Labute approximate surface area is 217 Å². The molecule has 2 atom stereocenters. The van der Waals surface area contributed by atoms with Crippen LogP contribution in [0, 0.1) is 0 Å². The van der Waals surface area contributed by atoms with Crippen molar-refractivity contribution in [3.05, 3.63) is 70.9 Å². The Morgan fingerprint density at radius 1 is 1.08 bits per heavy atom. The van der Waals surface area contributed by atoms with Crippen molar-refractivity contribution in [3.63, 3.8) is 0 Å². The highest BCUT2D eigenvalue weighted by molar-refractivity contribution is 5.97. The molecular weight excluding hydrogens is 468 g/mol. The molecule has 0 saturated carbocycles. The smallest absolute Gasteiger partial charge is 0.337 e. The van der Waals surface area contributed by atoms with Crippen LogP contribution in [-0.4, -0.2) is 78.4 Å². The molecule has 0 bridgehead atoms. The molecule has 3 aromatic rings. The maximum atomic E-state index is 13.8. The molecule has 1 saturated heterocycles. The van der Waals surface area contributed by atoms with Crippen LogP contribution in [0.2, 0.25) is 0 Å². The minimum absolute atomic E-state index is 0.0151. The van der Waals surface area contributed by atoms with Crippen molar-refractivity contribution in [2.75, 3.05) is 39.8 Å². The number of piperazine rings is 1. The molecule has 194 valence electrons. The normalized spacial score (nSPS) is 19.4. The third kappa shape index (κ3) is 4.50. The summed E-state index contributed by atoms with van der Waals surface area (Å²) in [6.07, 6.45) is 1.36. The van der Waals surface area contributed by atoms with Gasteiger partial charge in [0.15, 0.2) is 0 Å². The van der Waals surface area contributed by atoms with Crippen molar-refractivity contribution in [1.82, 2.24) is 14.8 Å². The number of carbonyl (C=O) groups is 3. The molecule has 0 aliphatic carbocycles. The van der Waals surface area contributed by atoms with Gasteiger partial charge < -0.3 is 24.4 Å². The number of rotatable bonds is 8. The highest BCUT2D eigenvalue weighted by Crippen LogP contribution is 2.42. The summed E-state index contributed by atoms with van der Waals surface area (Å²) in [6, 6.07) is 14.2. The Hall–Kier alpha value is -3.65. The molecular formula is C29H35N4O4+. The van der Waals surface area contributed by atoms with E-state index in [-0.39, 0.29) is 18.4 Å². The zero-order valence-electron chi connectivity index (χ0n) is 21.8. The van der Waals surface area contributed by atoms with Crippen molar-refractivity contribution in [2.45, 2.75) is 38.8 Å². The van der Waals surface area contributed by atoms with E-state index in [9.17, 15) is 14.4 Å². The van der Waals surface area contributed by atoms with Gasteiger partial charge in [-0.05, 0) is 43.2 Å². The van der Waals surface area contributed by atoms with Crippen molar-refractivity contribution < 1.29 is 24.0 Å². The molecule has 0 unspecified atom stereocenters. The van der Waals surface area contributed by atoms with Gasteiger partial charge in [-0.3, -0.25) is 9.59 Å². The number of methoxy groups -OCH3 is 1. The SMILES string of the molecule is CC[NH+](CC)CCCN1CC(=O)N2[C@@H](c3ccc(C(=O)OC)cc3)c3[nH]c4ccccc4c3C[C@H]2C1=O. The average Bonchev–Trinajstić information content (AvgIpc) is 3.30. The quantitative estimate of drug-likeness (QED) is 0.460. The number of carbonyl (C=O) groups excluding carboxylic acids is 3. The van der Waals surface area contributed by atoms with Gasteiger partial charge in [-0.15, -0.1) is 0 Å². The van der Waals surface area contributed by atoms with Crippen LogP contribution in [0.15, 0.2) is 48.5 Å². The lowest BCUT2D eigenvalue weighted by atomic mass is 9.86. The molecule has 3 heterocycles. The Morgan fingerprint density at radius 2 is 1.81 bits per heavy atom. The molecule has 2 aliphatic heterocycles. The summed E-state index contributed by atoms with van der Waals surface area (Å²) in [6.45, 7) is 8.13.